The fourth-order valence-corrected chi connectivity index (χ4v) is 7.23. The van der Waals surface area contributed by atoms with Crippen LogP contribution in [-0.2, 0) is 4.79 Å². The molecule has 0 saturated heterocycles. The van der Waals surface area contributed by atoms with Crippen molar-refractivity contribution in [2.24, 2.45) is 34.5 Å². The Labute approximate surface area is 146 Å². The van der Waals surface area contributed by atoms with Gasteiger partial charge in [-0.3, -0.25) is 4.79 Å². The van der Waals surface area contributed by atoms with Gasteiger partial charge in [0.15, 0.2) is 5.78 Å². The standard InChI is InChI=1S/C22H32O2/c1-14-12-17(24)13-16-4-6-18-19-7-5-15(9-11-23)21(19,2)10-8-20(18)22(14,16)3/h9,13-14,18-20,23H,4-8,10-12H2,1-3H3/t14-,18-,19-,20-,21+,22-/m0/s1. The quantitative estimate of drug-likeness (QED) is 0.709. The molecule has 0 spiro atoms. The molecule has 3 saturated carbocycles. The van der Waals surface area contributed by atoms with Crippen LogP contribution in [0.2, 0.25) is 0 Å². The average Bonchev–Trinajstić information content (AvgIpc) is 2.86. The minimum Gasteiger partial charge on any atom is -0.392 e. The van der Waals surface area contributed by atoms with E-state index in [-0.39, 0.29) is 12.0 Å². The van der Waals surface area contributed by atoms with Gasteiger partial charge in [-0.15, -0.1) is 0 Å². The highest BCUT2D eigenvalue weighted by atomic mass is 16.2. The van der Waals surface area contributed by atoms with Crippen LogP contribution in [0.4, 0.5) is 0 Å². The van der Waals surface area contributed by atoms with E-state index >= 15 is 0 Å². The van der Waals surface area contributed by atoms with E-state index in [9.17, 15) is 9.90 Å². The molecule has 6 atom stereocenters. The minimum atomic E-state index is 0.190. The first-order chi connectivity index (χ1) is 11.4. The number of allylic oxidation sites excluding steroid dienone is 2. The number of hydrogen-bond donors (Lipinski definition) is 1. The molecule has 0 aromatic heterocycles. The predicted molar refractivity (Wildman–Crippen MR) is 96.4 cm³/mol. The first-order valence-corrected chi connectivity index (χ1v) is 9.95. The van der Waals surface area contributed by atoms with E-state index in [1.54, 1.807) is 0 Å². The van der Waals surface area contributed by atoms with Crippen LogP contribution in [0.1, 0.15) is 65.7 Å². The van der Waals surface area contributed by atoms with E-state index in [1.165, 1.54) is 43.3 Å². The number of fused-ring (bicyclic) bond motifs is 5. The van der Waals surface area contributed by atoms with Gasteiger partial charge in [0.05, 0.1) is 6.61 Å². The summed E-state index contributed by atoms with van der Waals surface area (Å²) in [5.41, 5.74) is 3.53. The second kappa shape index (κ2) is 5.56. The number of ketones is 1. The zero-order chi connectivity index (χ0) is 17.1. The van der Waals surface area contributed by atoms with Crippen molar-refractivity contribution in [3.63, 3.8) is 0 Å². The van der Waals surface area contributed by atoms with Gasteiger partial charge >= 0.3 is 0 Å². The van der Waals surface area contributed by atoms with Crippen LogP contribution in [-0.4, -0.2) is 17.5 Å². The van der Waals surface area contributed by atoms with Gasteiger partial charge in [0.25, 0.3) is 0 Å². The molecule has 4 rings (SSSR count). The van der Waals surface area contributed by atoms with Crippen LogP contribution in [0.25, 0.3) is 0 Å². The molecule has 0 aromatic carbocycles. The normalized spacial score (nSPS) is 49.4. The highest BCUT2D eigenvalue weighted by Gasteiger charge is 2.58. The molecule has 0 radical (unpaired) electrons. The molecule has 24 heavy (non-hydrogen) atoms. The number of aliphatic hydroxyl groups excluding tert-OH is 1. The summed E-state index contributed by atoms with van der Waals surface area (Å²) < 4.78 is 0. The van der Waals surface area contributed by atoms with Crippen LogP contribution >= 0.6 is 0 Å². The minimum absolute atomic E-state index is 0.190. The van der Waals surface area contributed by atoms with Gasteiger partial charge < -0.3 is 5.11 Å². The molecule has 4 aliphatic rings. The molecule has 0 aliphatic heterocycles. The lowest BCUT2D eigenvalue weighted by Crippen LogP contribution is -2.52. The summed E-state index contributed by atoms with van der Waals surface area (Å²) in [6.45, 7) is 7.43. The molecule has 0 heterocycles. The Morgan fingerprint density at radius 3 is 2.75 bits per heavy atom. The molecule has 2 nitrogen and oxygen atoms in total. The molecule has 0 amide bonds. The fourth-order valence-electron chi connectivity index (χ4n) is 7.23. The first kappa shape index (κ1) is 16.6. The maximum atomic E-state index is 12.1. The molecule has 0 unspecified atom stereocenters. The summed E-state index contributed by atoms with van der Waals surface area (Å²) in [6, 6.07) is 0. The summed E-state index contributed by atoms with van der Waals surface area (Å²) in [4.78, 5) is 12.1. The number of aliphatic hydroxyl groups is 1. The van der Waals surface area contributed by atoms with Crippen molar-refractivity contribution in [3.05, 3.63) is 23.3 Å². The maximum absolute atomic E-state index is 12.1. The van der Waals surface area contributed by atoms with E-state index in [0.29, 0.717) is 17.1 Å². The molecule has 4 aliphatic carbocycles. The molecule has 1 N–H and O–H groups in total. The number of rotatable bonds is 1. The Morgan fingerprint density at radius 1 is 1.21 bits per heavy atom. The molecular formula is C22H32O2. The van der Waals surface area contributed by atoms with Crippen LogP contribution in [0, 0.1) is 34.5 Å². The zero-order valence-electron chi connectivity index (χ0n) is 15.5. The third kappa shape index (κ3) is 2.08. The second-order valence-electron chi connectivity index (χ2n) is 9.35. The maximum Gasteiger partial charge on any atom is 0.155 e. The van der Waals surface area contributed by atoms with Crippen molar-refractivity contribution in [2.75, 3.05) is 6.61 Å². The Bertz CT molecular complexity index is 615. The lowest BCUT2D eigenvalue weighted by atomic mass is 9.45. The summed E-state index contributed by atoms with van der Waals surface area (Å²) in [5.74, 6) is 3.15. The van der Waals surface area contributed by atoms with Gasteiger partial charge in [-0.05, 0) is 79.1 Å². The summed E-state index contributed by atoms with van der Waals surface area (Å²) in [6.07, 6.45) is 12.2. The molecule has 2 heteroatoms. The Morgan fingerprint density at radius 2 is 2.00 bits per heavy atom. The molecule has 3 fully saturated rings. The molecule has 0 bridgehead atoms. The third-order valence-corrected chi connectivity index (χ3v) is 8.70. The Hall–Kier alpha value is -0.890. The lowest BCUT2D eigenvalue weighted by molar-refractivity contribution is -0.119. The lowest BCUT2D eigenvalue weighted by Gasteiger charge is -2.59. The number of carbonyl (C=O) groups excluding carboxylic acids is 1. The van der Waals surface area contributed by atoms with Crippen molar-refractivity contribution >= 4 is 5.78 Å². The molecule has 132 valence electrons. The number of hydrogen-bond acceptors (Lipinski definition) is 2. The van der Waals surface area contributed by atoms with Crippen LogP contribution in [0.5, 0.6) is 0 Å². The number of carbonyl (C=O) groups is 1. The smallest absolute Gasteiger partial charge is 0.155 e. The zero-order valence-corrected chi connectivity index (χ0v) is 15.5. The van der Waals surface area contributed by atoms with Gasteiger partial charge in [-0.2, -0.15) is 0 Å². The van der Waals surface area contributed by atoms with Gasteiger partial charge in [-0.25, -0.2) is 0 Å². The van der Waals surface area contributed by atoms with Crippen LogP contribution in [0.3, 0.4) is 0 Å². The highest BCUT2D eigenvalue weighted by Crippen LogP contribution is 2.67. The van der Waals surface area contributed by atoms with E-state index in [1.807, 2.05) is 6.08 Å². The monoisotopic (exact) mass is 328 g/mol. The van der Waals surface area contributed by atoms with E-state index in [0.717, 1.165) is 30.6 Å². The van der Waals surface area contributed by atoms with Crippen LogP contribution < -0.4 is 0 Å². The highest BCUT2D eigenvalue weighted by molar-refractivity contribution is 5.92. The Kier molecular flexibility index (Phi) is 3.84. The van der Waals surface area contributed by atoms with Crippen molar-refractivity contribution in [3.8, 4) is 0 Å². The third-order valence-electron chi connectivity index (χ3n) is 8.70. The van der Waals surface area contributed by atoms with E-state index in [4.69, 9.17) is 0 Å². The fraction of sp³-hybridized carbons (Fsp3) is 0.773. The van der Waals surface area contributed by atoms with Gasteiger partial charge in [0, 0.05) is 6.42 Å². The van der Waals surface area contributed by atoms with Gasteiger partial charge in [-0.1, -0.05) is 38.0 Å². The summed E-state index contributed by atoms with van der Waals surface area (Å²) in [7, 11) is 0. The SMILES string of the molecule is C[C@H]1CC(=O)C=C2CC[C@@H]3[C@H](CC[C@]4(C)C(=CCO)CC[C@@H]34)[C@]21C. The summed E-state index contributed by atoms with van der Waals surface area (Å²) >= 11 is 0. The second-order valence-corrected chi connectivity index (χ2v) is 9.35. The van der Waals surface area contributed by atoms with Crippen molar-refractivity contribution < 1.29 is 9.90 Å². The van der Waals surface area contributed by atoms with E-state index in [2.05, 4.69) is 26.8 Å². The van der Waals surface area contributed by atoms with Crippen molar-refractivity contribution in [1.29, 1.82) is 0 Å². The van der Waals surface area contributed by atoms with Gasteiger partial charge in [0.1, 0.15) is 0 Å². The summed E-state index contributed by atoms with van der Waals surface area (Å²) in [5, 5.41) is 9.40. The topological polar surface area (TPSA) is 37.3 Å². The van der Waals surface area contributed by atoms with Crippen molar-refractivity contribution in [1.82, 2.24) is 0 Å². The van der Waals surface area contributed by atoms with Crippen molar-refractivity contribution in [2.45, 2.75) is 65.7 Å². The van der Waals surface area contributed by atoms with Gasteiger partial charge in [0.2, 0.25) is 0 Å². The van der Waals surface area contributed by atoms with E-state index < -0.39 is 0 Å². The first-order valence-electron chi connectivity index (χ1n) is 9.95. The van der Waals surface area contributed by atoms with Crippen LogP contribution in [0.15, 0.2) is 23.3 Å². The molecular weight excluding hydrogens is 296 g/mol. The average molecular weight is 328 g/mol. The molecule has 0 aromatic rings. The predicted octanol–water partition coefficient (Wildman–Crippen LogP) is 4.68. The largest absolute Gasteiger partial charge is 0.392 e. The Balaban J connectivity index is 1.70.